The van der Waals surface area contributed by atoms with Crippen molar-refractivity contribution in [2.24, 2.45) is 11.3 Å². The normalized spacial score (nSPS) is 28.7. The number of fused-ring (bicyclic) bond motifs is 1. The van der Waals surface area contributed by atoms with Gasteiger partial charge in [-0.15, -0.1) is 0 Å². The minimum absolute atomic E-state index is 0.113. The molecule has 40 heavy (non-hydrogen) atoms. The minimum Gasteiger partial charge on any atom is -0.463 e. The van der Waals surface area contributed by atoms with E-state index in [1.54, 1.807) is 12.1 Å². The second kappa shape index (κ2) is 11.7. The summed E-state index contributed by atoms with van der Waals surface area (Å²) < 4.78 is 19.0. The number of nitriles is 1. The van der Waals surface area contributed by atoms with Crippen LogP contribution in [0.1, 0.15) is 89.7 Å². The molecule has 5 rings (SSSR count). The second-order valence-corrected chi connectivity index (χ2v) is 12.0. The van der Waals surface area contributed by atoms with Gasteiger partial charge in [0.15, 0.2) is 11.9 Å². The van der Waals surface area contributed by atoms with Crippen LogP contribution >= 0.6 is 0 Å². The smallest absolute Gasteiger partial charge is 0.306 e. The Morgan fingerprint density at radius 3 is 2.62 bits per heavy atom. The van der Waals surface area contributed by atoms with Gasteiger partial charge >= 0.3 is 11.9 Å². The number of anilines is 1. The molecule has 3 N–H and O–H groups in total. The Hall–Kier alpha value is -3.23. The molecule has 2 saturated carbocycles. The molecular formula is C29H39N5O6. The highest BCUT2D eigenvalue weighted by Crippen LogP contribution is 2.43. The average molecular weight is 554 g/mol. The molecule has 0 aromatic carbocycles. The average Bonchev–Trinajstić information content (AvgIpc) is 3.49. The fraction of sp³-hybridized carbons (Fsp3) is 0.690. The molecule has 4 atom stereocenters. The highest BCUT2D eigenvalue weighted by atomic mass is 16.6. The van der Waals surface area contributed by atoms with E-state index in [0.29, 0.717) is 5.52 Å². The molecule has 216 valence electrons. The van der Waals surface area contributed by atoms with Crippen LogP contribution in [-0.2, 0) is 29.4 Å². The quantitative estimate of drug-likeness (QED) is 0.462. The third-order valence-electron chi connectivity index (χ3n) is 8.95. The first-order valence-corrected chi connectivity index (χ1v) is 14.5. The predicted molar refractivity (Wildman–Crippen MR) is 143 cm³/mol. The number of aliphatic hydroxyl groups is 1. The number of esters is 2. The molecule has 3 fully saturated rings. The van der Waals surface area contributed by atoms with Crippen molar-refractivity contribution in [2.75, 3.05) is 12.3 Å². The van der Waals surface area contributed by atoms with Crippen LogP contribution in [0.15, 0.2) is 18.5 Å². The lowest BCUT2D eigenvalue weighted by Crippen LogP contribution is -2.43. The maximum absolute atomic E-state index is 13.0. The first-order chi connectivity index (χ1) is 19.2. The number of rotatable bonds is 8. The Kier molecular flexibility index (Phi) is 8.29. The van der Waals surface area contributed by atoms with Gasteiger partial charge in [0.05, 0.1) is 12.1 Å². The van der Waals surface area contributed by atoms with Gasteiger partial charge in [-0.1, -0.05) is 45.4 Å². The third kappa shape index (κ3) is 5.65. The van der Waals surface area contributed by atoms with Gasteiger partial charge in [-0.2, -0.15) is 10.4 Å². The van der Waals surface area contributed by atoms with Gasteiger partial charge in [-0.05, 0) is 49.1 Å². The van der Waals surface area contributed by atoms with Crippen molar-refractivity contribution in [2.45, 2.75) is 108 Å². The van der Waals surface area contributed by atoms with Gasteiger partial charge < -0.3 is 25.1 Å². The highest BCUT2D eigenvalue weighted by molar-refractivity contribution is 5.71. The van der Waals surface area contributed by atoms with Gasteiger partial charge in [0.1, 0.15) is 36.7 Å². The molecule has 1 saturated heterocycles. The molecule has 0 bridgehead atoms. The number of nitrogens with two attached hydrogens (primary N) is 1. The summed E-state index contributed by atoms with van der Waals surface area (Å²) in [7, 11) is 0. The number of hydrogen-bond acceptors (Lipinski definition) is 10. The van der Waals surface area contributed by atoms with Crippen LogP contribution < -0.4 is 5.73 Å². The zero-order valence-electron chi connectivity index (χ0n) is 23.1. The highest BCUT2D eigenvalue weighted by Gasteiger charge is 2.60. The largest absolute Gasteiger partial charge is 0.463 e. The molecule has 2 aliphatic carbocycles. The van der Waals surface area contributed by atoms with Crippen LogP contribution in [0.5, 0.6) is 0 Å². The maximum Gasteiger partial charge on any atom is 0.306 e. The third-order valence-corrected chi connectivity index (χ3v) is 8.95. The van der Waals surface area contributed by atoms with Crippen molar-refractivity contribution in [3.63, 3.8) is 0 Å². The van der Waals surface area contributed by atoms with Crippen LogP contribution in [0.2, 0.25) is 0 Å². The second-order valence-electron chi connectivity index (χ2n) is 12.0. The number of carbonyl (C=O) groups is 2. The Morgan fingerprint density at radius 1 is 1.18 bits per heavy atom. The first kappa shape index (κ1) is 28.3. The molecule has 0 spiro atoms. The Labute approximate surface area is 234 Å². The molecule has 11 heteroatoms. The fourth-order valence-electron chi connectivity index (χ4n) is 6.66. The van der Waals surface area contributed by atoms with Gasteiger partial charge in [-0.25, -0.2) is 9.50 Å². The molecule has 0 amide bonds. The summed E-state index contributed by atoms with van der Waals surface area (Å²) in [4.78, 5) is 29.9. The van der Waals surface area contributed by atoms with Crippen LogP contribution in [0.25, 0.3) is 5.52 Å². The number of ether oxygens (including phenoxy) is 3. The molecule has 2 aromatic heterocycles. The summed E-state index contributed by atoms with van der Waals surface area (Å²) in [5.41, 5.74) is 4.56. The van der Waals surface area contributed by atoms with Crippen LogP contribution in [0.3, 0.4) is 0 Å². The Morgan fingerprint density at radius 2 is 1.90 bits per heavy atom. The summed E-state index contributed by atoms with van der Waals surface area (Å²) in [5.74, 6) is -0.425. The zero-order valence-corrected chi connectivity index (χ0v) is 23.1. The van der Waals surface area contributed by atoms with E-state index in [9.17, 15) is 20.0 Å². The lowest BCUT2D eigenvalue weighted by Gasteiger charge is -2.32. The van der Waals surface area contributed by atoms with E-state index in [4.69, 9.17) is 19.9 Å². The first-order valence-electron chi connectivity index (χ1n) is 14.5. The van der Waals surface area contributed by atoms with E-state index in [-0.39, 0.29) is 48.3 Å². The van der Waals surface area contributed by atoms with Crippen molar-refractivity contribution in [1.82, 2.24) is 14.6 Å². The molecule has 3 aliphatic rings. The molecule has 2 aromatic rings. The van der Waals surface area contributed by atoms with Crippen LogP contribution in [-0.4, -0.2) is 56.6 Å². The molecule has 1 aliphatic heterocycles. The summed E-state index contributed by atoms with van der Waals surface area (Å²) in [6.45, 7) is 1.84. The fourth-order valence-corrected chi connectivity index (χ4v) is 6.66. The SMILES string of the molecule is CC1(CC(=O)OC[C@H]2O[C@@](C#N)(c3ccc4c(N)ncnn34)[C@H](O)[C@@H]2OC(=O)CC2CCCCC2)CCCCC1. The summed E-state index contributed by atoms with van der Waals surface area (Å²) in [5, 5.41) is 26.1. The summed E-state index contributed by atoms with van der Waals surface area (Å²) in [6, 6.07) is 5.29. The minimum atomic E-state index is -1.95. The standard InChI is InChI=1S/C29H39N5O6/c1-28(12-6-3-7-13-28)15-24(36)38-16-21-25(39-23(35)14-19-8-4-2-5-9-19)26(37)29(17-30,40-21)22-11-10-20-27(31)32-18-33-34(20)22/h10-11,18-19,21,25-26,37H,2-9,12-16H2,1H3,(H2,31,32,33)/t21-,25-,26-,29+/m1/s1. The van der Waals surface area contributed by atoms with Crippen molar-refractivity contribution in [1.29, 1.82) is 5.26 Å². The van der Waals surface area contributed by atoms with Crippen molar-refractivity contribution >= 4 is 23.3 Å². The number of nitrogen functional groups attached to an aromatic ring is 1. The molecular weight excluding hydrogens is 514 g/mol. The molecule has 3 heterocycles. The summed E-state index contributed by atoms with van der Waals surface area (Å²) >= 11 is 0. The van der Waals surface area contributed by atoms with E-state index >= 15 is 0 Å². The van der Waals surface area contributed by atoms with Crippen molar-refractivity contribution in [3.8, 4) is 6.07 Å². The molecule has 0 radical (unpaired) electrons. The number of aromatic nitrogens is 3. The molecule has 11 nitrogen and oxygen atoms in total. The topological polar surface area (TPSA) is 162 Å². The van der Waals surface area contributed by atoms with E-state index in [1.165, 1.54) is 17.3 Å². The Balaban J connectivity index is 1.37. The van der Waals surface area contributed by atoms with E-state index in [2.05, 4.69) is 23.1 Å². The van der Waals surface area contributed by atoms with E-state index in [1.807, 2.05) is 0 Å². The monoisotopic (exact) mass is 553 g/mol. The number of nitrogens with zero attached hydrogens (tertiary/aromatic N) is 4. The Bertz CT molecular complexity index is 1260. The lowest BCUT2D eigenvalue weighted by molar-refractivity contribution is -0.162. The molecule has 0 unspecified atom stereocenters. The van der Waals surface area contributed by atoms with Crippen LogP contribution in [0, 0.1) is 22.7 Å². The van der Waals surface area contributed by atoms with Gasteiger partial charge in [0.2, 0.25) is 5.60 Å². The van der Waals surface area contributed by atoms with Crippen molar-refractivity contribution < 1.29 is 28.9 Å². The lowest BCUT2D eigenvalue weighted by atomic mass is 9.73. The van der Waals surface area contributed by atoms with Gasteiger partial charge in [-0.3, -0.25) is 9.59 Å². The van der Waals surface area contributed by atoms with Crippen LogP contribution in [0.4, 0.5) is 5.82 Å². The van der Waals surface area contributed by atoms with Gasteiger partial charge in [0.25, 0.3) is 0 Å². The summed E-state index contributed by atoms with van der Waals surface area (Å²) in [6.07, 6.45) is 8.41. The number of carbonyl (C=O) groups excluding carboxylic acids is 2. The van der Waals surface area contributed by atoms with Crippen molar-refractivity contribution in [3.05, 3.63) is 24.2 Å². The number of hydrogen-bond donors (Lipinski definition) is 2. The maximum atomic E-state index is 13.0. The van der Waals surface area contributed by atoms with E-state index < -0.39 is 29.9 Å². The number of aliphatic hydroxyl groups excluding tert-OH is 1. The van der Waals surface area contributed by atoms with E-state index in [0.717, 1.165) is 57.8 Å². The predicted octanol–water partition coefficient (Wildman–Crippen LogP) is 3.58. The van der Waals surface area contributed by atoms with Gasteiger partial charge in [0, 0.05) is 6.42 Å². The zero-order chi connectivity index (χ0) is 28.3.